The molecule has 0 saturated carbocycles. The monoisotopic (exact) mass is 234 g/mol. The van der Waals surface area contributed by atoms with Gasteiger partial charge in [-0.05, 0) is 18.6 Å². The quantitative estimate of drug-likeness (QED) is 0.795. The first-order valence-corrected chi connectivity index (χ1v) is 5.67. The van der Waals surface area contributed by atoms with Gasteiger partial charge in [-0.15, -0.1) is 0 Å². The Morgan fingerprint density at radius 1 is 1.41 bits per heavy atom. The second-order valence-corrected chi connectivity index (χ2v) is 3.82. The molecule has 0 aliphatic rings. The molecule has 4 heteroatoms. The molecule has 0 saturated heterocycles. The van der Waals surface area contributed by atoms with Crippen molar-refractivity contribution in [1.82, 2.24) is 9.55 Å². The van der Waals surface area contributed by atoms with Gasteiger partial charge in [-0.25, -0.2) is 9.37 Å². The molecule has 2 rings (SSSR count). The largest absolute Gasteiger partial charge is 0.487 e. The number of hydrogen-bond acceptors (Lipinski definition) is 2. The van der Waals surface area contributed by atoms with Crippen molar-refractivity contribution in [3.63, 3.8) is 0 Å². The number of nitrogens with zero attached hydrogens (tertiary/aromatic N) is 2. The highest BCUT2D eigenvalue weighted by atomic mass is 19.1. The molecule has 17 heavy (non-hydrogen) atoms. The number of rotatable bonds is 5. The van der Waals surface area contributed by atoms with E-state index in [2.05, 4.69) is 11.9 Å². The van der Waals surface area contributed by atoms with E-state index < -0.39 is 0 Å². The molecule has 1 heterocycles. The maximum absolute atomic E-state index is 12.9. The third-order valence-electron chi connectivity index (χ3n) is 2.45. The molecule has 0 atom stereocenters. The van der Waals surface area contributed by atoms with E-state index in [-0.39, 0.29) is 5.82 Å². The van der Waals surface area contributed by atoms with Crippen molar-refractivity contribution >= 4 is 0 Å². The molecule has 0 unspecified atom stereocenters. The van der Waals surface area contributed by atoms with E-state index in [1.165, 1.54) is 12.1 Å². The van der Waals surface area contributed by atoms with Gasteiger partial charge in [0.25, 0.3) is 0 Å². The fraction of sp³-hybridized carbons (Fsp3) is 0.308. The van der Waals surface area contributed by atoms with Crippen LogP contribution in [-0.2, 0) is 13.2 Å². The first kappa shape index (κ1) is 11.6. The lowest BCUT2D eigenvalue weighted by atomic mass is 10.3. The van der Waals surface area contributed by atoms with Crippen LogP contribution < -0.4 is 4.74 Å². The van der Waals surface area contributed by atoms with E-state index in [1.807, 2.05) is 4.57 Å². The highest BCUT2D eigenvalue weighted by molar-refractivity contribution is 5.22. The van der Waals surface area contributed by atoms with E-state index >= 15 is 0 Å². The van der Waals surface area contributed by atoms with Crippen molar-refractivity contribution < 1.29 is 9.13 Å². The summed E-state index contributed by atoms with van der Waals surface area (Å²) in [5.74, 6) is 0.249. The Hall–Kier alpha value is -1.84. The van der Waals surface area contributed by atoms with Crippen LogP contribution in [0.3, 0.4) is 0 Å². The summed E-state index contributed by atoms with van der Waals surface area (Å²) in [6, 6.07) is 6.15. The Morgan fingerprint density at radius 3 is 3.06 bits per heavy atom. The first-order valence-electron chi connectivity index (χ1n) is 5.67. The van der Waals surface area contributed by atoms with Crippen molar-refractivity contribution in [2.45, 2.75) is 26.5 Å². The number of hydrogen-bond donors (Lipinski definition) is 0. The van der Waals surface area contributed by atoms with E-state index in [0.717, 1.165) is 18.7 Å². The topological polar surface area (TPSA) is 27.1 Å². The minimum atomic E-state index is -0.287. The van der Waals surface area contributed by atoms with Crippen molar-refractivity contribution in [3.05, 3.63) is 48.3 Å². The van der Waals surface area contributed by atoms with Crippen LogP contribution in [0.4, 0.5) is 4.39 Å². The molecule has 0 aliphatic heterocycles. The van der Waals surface area contributed by atoms with Crippen molar-refractivity contribution in [2.24, 2.45) is 0 Å². The van der Waals surface area contributed by atoms with E-state index in [1.54, 1.807) is 24.7 Å². The van der Waals surface area contributed by atoms with Crippen LogP contribution in [0.5, 0.6) is 5.75 Å². The molecular weight excluding hydrogens is 219 g/mol. The van der Waals surface area contributed by atoms with Gasteiger partial charge in [0.1, 0.15) is 18.2 Å². The summed E-state index contributed by atoms with van der Waals surface area (Å²) in [4.78, 5) is 4.08. The second-order valence-electron chi connectivity index (χ2n) is 3.82. The molecule has 0 spiro atoms. The van der Waals surface area contributed by atoms with E-state index in [4.69, 9.17) is 4.74 Å². The summed E-state index contributed by atoms with van der Waals surface area (Å²) in [5.41, 5.74) is 0.996. The predicted octanol–water partition coefficient (Wildman–Crippen LogP) is 3.01. The molecular formula is C13H15FN2O. The van der Waals surface area contributed by atoms with Crippen LogP contribution >= 0.6 is 0 Å². The fourth-order valence-corrected chi connectivity index (χ4v) is 1.62. The van der Waals surface area contributed by atoms with Crippen LogP contribution in [0, 0.1) is 5.82 Å². The van der Waals surface area contributed by atoms with Crippen LogP contribution in [0.2, 0.25) is 0 Å². The lowest BCUT2D eigenvalue weighted by molar-refractivity contribution is 0.293. The Balaban J connectivity index is 1.99. The molecule has 0 radical (unpaired) electrons. The van der Waals surface area contributed by atoms with Gasteiger partial charge in [0.15, 0.2) is 0 Å². The maximum Gasteiger partial charge on any atom is 0.130 e. The van der Waals surface area contributed by atoms with Crippen molar-refractivity contribution in [3.8, 4) is 5.75 Å². The van der Waals surface area contributed by atoms with Crippen LogP contribution in [0.1, 0.15) is 19.0 Å². The van der Waals surface area contributed by atoms with Gasteiger partial charge in [0.05, 0.1) is 18.2 Å². The van der Waals surface area contributed by atoms with Gasteiger partial charge >= 0.3 is 0 Å². The van der Waals surface area contributed by atoms with Gasteiger partial charge in [0.2, 0.25) is 0 Å². The second kappa shape index (κ2) is 5.48. The molecule has 0 amide bonds. The average molecular weight is 234 g/mol. The van der Waals surface area contributed by atoms with Crippen molar-refractivity contribution in [1.29, 1.82) is 0 Å². The van der Waals surface area contributed by atoms with Gasteiger partial charge in [-0.2, -0.15) is 0 Å². The summed E-state index contributed by atoms with van der Waals surface area (Å²) in [6.07, 6.45) is 4.60. The molecule has 0 bridgehead atoms. The minimum absolute atomic E-state index is 0.287. The Labute approximate surface area is 99.9 Å². The number of aryl methyl sites for hydroxylation is 1. The number of benzene rings is 1. The summed E-state index contributed by atoms with van der Waals surface area (Å²) < 4.78 is 20.5. The smallest absolute Gasteiger partial charge is 0.130 e. The van der Waals surface area contributed by atoms with E-state index in [0.29, 0.717) is 12.4 Å². The molecule has 1 aromatic carbocycles. The highest BCUT2D eigenvalue weighted by Gasteiger charge is 2.02. The maximum atomic E-state index is 12.9. The normalized spacial score (nSPS) is 10.5. The van der Waals surface area contributed by atoms with Crippen LogP contribution in [0.15, 0.2) is 36.8 Å². The lowest BCUT2D eigenvalue weighted by Gasteiger charge is -2.08. The number of imidazole rings is 1. The van der Waals surface area contributed by atoms with Gasteiger partial charge in [0, 0.05) is 12.6 Å². The zero-order valence-electron chi connectivity index (χ0n) is 9.77. The molecule has 0 N–H and O–H groups in total. The zero-order valence-corrected chi connectivity index (χ0v) is 9.77. The zero-order chi connectivity index (χ0) is 12.1. The number of halogens is 1. The van der Waals surface area contributed by atoms with Gasteiger partial charge < -0.3 is 9.30 Å². The minimum Gasteiger partial charge on any atom is -0.487 e. The number of aromatic nitrogens is 2. The average Bonchev–Trinajstić information content (AvgIpc) is 2.75. The predicted molar refractivity (Wildman–Crippen MR) is 63.3 cm³/mol. The molecule has 2 aromatic rings. The molecule has 0 aliphatic carbocycles. The third kappa shape index (κ3) is 3.06. The van der Waals surface area contributed by atoms with Crippen LogP contribution in [0.25, 0.3) is 0 Å². The Bertz CT molecular complexity index is 482. The SMILES string of the molecule is CCCn1cncc1COc1cccc(F)c1. The first-order chi connectivity index (χ1) is 8.29. The molecule has 0 fully saturated rings. The van der Waals surface area contributed by atoms with Gasteiger partial charge in [-0.1, -0.05) is 13.0 Å². The van der Waals surface area contributed by atoms with E-state index in [9.17, 15) is 4.39 Å². The van der Waals surface area contributed by atoms with Crippen molar-refractivity contribution in [2.75, 3.05) is 0 Å². The summed E-state index contributed by atoms with van der Waals surface area (Å²) in [6.45, 7) is 3.43. The molecule has 1 aromatic heterocycles. The molecule has 3 nitrogen and oxygen atoms in total. The summed E-state index contributed by atoms with van der Waals surface area (Å²) in [5, 5.41) is 0. The standard InChI is InChI=1S/C13H15FN2O/c1-2-6-16-10-15-8-12(16)9-17-13-5-3-4-11(14)7-13/h3-5,7-8,10H,2,6,9H2,1H3. The Morgan fingerprint density at radius 2 is 2.29 bits per heavy atom. The van der Waals surface area contributed by atoms with Crippen LogP contribution in [-0.4, -0.2) is 9.55 Å². The Kier molecular flexibility index (Phi) is 3.75. The highest BCUT2D eigenvalue weighted by Crippen LogP contribution is 2.14. The fourth-order valence-electron chi connectivity index (χ4n) is 1.62. The summed E-state index contributed by atoms with van der Waals surface area (Å²) >= 11 is 0. The number of ether oxygens (including phenoxy) is 1. The molecule has 90 valence electrons. The van der Waals surface area contributed by atoms with Gasteiger partial charge in [-0.3, -0.25) is 0 Å². The lowest BCUT2D eigenvalue weighted by Crippen LogP contribution is -2.04. The summed E-state index contributed by atoms with van der Waals surface area (Å²) in [7, 11) is 0. The third-order valence-corrected chi connectivity index (χ3v) is 2.45.